The number of phosphoric acid groups is 1. The normalized spacial score (nSPS) is 16.6. The molecule has 284 valence electrons. The monoisotopic (exact) mass is 794 g/mol. The molecule has 1 N–H and O–H groups in total. The number of halogens is 26. The summed E-state index contributed by atoms with van der Waals surface area (Å²) in [5.74, 6) is -79.5. The lowest BCUT2D eigenvalue weighted by atomic mass is 9.96. The predicted octanol–water partition coefficient (Wildman–Crippen LogP) is 9.38. The van der Waals surface area contributed by atoms with Gasteiger partial charge in [-0.3, -0.25) is 9.05 Å². The molecule has 0 aromatic heterocycles. The molecule has 0 aliphatic rings. The number of hydrogen-bond acceptors (Lipinski definition) is 3. The van der Waals surface area contributed by atoms with E-state index in [0.29, 0.717) is 0 Å². The number of alkyl halides is 26. The fourth-order valence-corrected chi connectivity index (χ4v) is 3.25. The molecule has 0 aliphatic carbocycles. The molecule has 0 amide bonds. The van der Waals surface area contributed by atoms with Crippen molar-refractivity contribution in [3.8, 4) is 0 Å². The third-order valence-electron chi connectivity index (χ3n) is 5.34. The van der Waals surface area contributed by atoms with Crippen molar-refractivity contribution in [2.75, 3.05) is 13.2 Å². The van der Waals surface area contributed by atoms with Crippen LogP contribution in [0.2, 0.25) is 0 Å². The summed E-state index contributed by atoms with van der Waals surface area (Å²) in [5.41, 5.74) is 0. The van der Waals surface area contributed by atoms with Crippen molar-refractivity contribution in [1.82, 2.24) is 0 Å². The Hall–Kier alpha value is -1.71. The Labute approximate surface area is 239 Å². The molecule has 0 atom stereocenters. The van der Waals surface area contributed by atoms with Gasteiger partial charge >= 0.3 is 79.4 Å². The second-order valence-electron chi connectivity index (χ2n) is 8.63. The molecular formula is C16H9F26O4P. The molecule has 0 saturated heterocycles. The third-order valence-corrected chi connectivity index (χ3v) is 6.36. The van der Waals surface area contributed by atoms with Crippen molar-refractivity contribution >= 4 is 7.82 Å². The van der Waals surface area contributed by atoms with E-state index < -0.39 is 105 Å². The molecule has 0 spiro atoms. The molecular weight excluding hydrogens is 785 g/mol. The Morgan fingerprint density at radius 2 is 0.553 bits per heavy atom. The highest BCUT2D eigenvalue weighted by Crippen LogP contribution is 2.62. The zero-order chi connectivity index (χ0) is 38.7. The molecule has 0 aromatic rings. The lowest BCUT2D eigenvalue weighted by Gasteiger charge is -2.39. The predicted molar refractivity (Wildman–Crippen MR) is 92.5 cm³/mol. The van der Waals surface area contributed by atoms with Crippen LogP contribution in [0.5, 0.6) is 0 Å². The quantitative estimate of drug-likeness (QED) is 0.0962. The average molecular weight is 794 g/mol. The summed E-state index contributed by atoms with van der Waals surface area (Å²) in [6.07, 6.45) is -22.3. The molecule has 31 heteroatoms. The van der Waals surface area contributed by atoms with Crippen LogP contribution in [-0.2, 0) is 13.6 Å². The second kappa shape index (κ2) is 12.3. The molecule has 0 radical (unpaired) electrons. The molecule has 47 heavy (non-hydrogen) atoms. The smallest absolute Gasteiger partial charge is 0.302 e. The Balaban J connectivity index is 5.81. The number of hydrogen-bond donors (Lipinski definition) is 1. The van der Waals surface area contributed by atoms with E-state index in [-0.39, 0.29) is 0 Å². The average Bonchev–Trinajstić information content (AvgIpc) is 2.80. The summed E-state index contributed by atoms with van der Waals surface area (Å²) < 4.78 is 355. The zero-order valence-corrected chi connectivity index (χ0v) is 21.7. The van der Waals surface area contributed by atoms with Gasteiger partial charge in [0.15, 0.2) is 0 Å². The van der Waals surface area contributed by atoms with Gasteiger partial charge < -0.3 is 4.89 Å². The maximum absolute atomic E-state index is 13.6. The molecule has 0 aromatic carbocycles. The topological polar surface area (TPSA) is 55.8 Å². The van der Waals surface area contributed by atoms with Crippen LogP contribution < -0.4 is 0 Å². The second-order valence-corrected chi connectivity index (χ2v) is 10.1. The van der Waals surface area contributed by atoms with Gasteiger partial charge in [0.2, 0.25) is 0 Å². The van der Waals surface area contributed by atoms with Crippen LogP contribution in [0.1, 0.15) is 12.8 Å². The van der Waals surface area contributed by atoms with Crippen molar-refractivity contribution in [2.24, 2.45) is 0 Å². The highest BCUT2D eigenvalue weighted by atomic mass is 31.2. The molecule has 0 bridgehead atoms. The minimum absolute atomic E-state index is 2.79. The molecule has 0 fully saturated rings. The van der Waals surface area contributed by atoms with Crippen LogP contribution in [-0.4, -0.2) is 89.7 Å². The van der Waals surface area contributed by atoms with E-state index in [1.165, 1.54) is 0 Å². The minimum atomic E-state index is -8.36. The van der Waals surface area contributed by atoms with Gasteiger partial charge in [0.1, 0.15) is 0 Å². The third kappa shape index (κ3) is 7.28. The summed E-state index contributed by atoms with van der Waals surface area (Å²) in [7, 11) is -6.58. The molecule has 0 saturated carbocycles. The first-order valence-corrected chi connectivity index (χ1v) is 11.9. The van der Waals surface area contributed by atoms with Crippen LogP contribution in [0.3, 0.4) is 0 Å². The fraction of sp³-hybridized carbons (Fsp3) is 1.00. The van der Waals surface area contributed by atoms with Gasteiger partial charge in [-0.1, -0.05) is 0 Å². The molecule has 0 aliphatic heterocycles. The van der Waals surface area contributed by atoms with E-state index in [4.69, 9.17) is 4.89 Å². The van der Waals surface area contributed by atoms with E-state index >= 15 is 0 Å². The van der Waals surface area contributed by atoms with E-state index in [1.54, 1.807) is 0 Å². The summed E-state index contributed by atoms with van der Waals surface area (Å²) in [6.45, 7) is -5.59. The fourth-order valence-electron chi connectivity index (χ4n) is 2.53. The van der Waals surface area contributed by atoms with Gasteiger partial charge in [0, 0.05) is 12.8 Å². The first-order valence-electron chi connectivity index (χ1n) is 10.4. The molecule has 0 unspecified atom stereocenters. The van der Waals surface area contributed by atoms with Gasteiger partial charge in [-0.25, -0.2) is 4.57 Å². The molecule has 0 rings (SSSR count). The summed E-state index contributed by atoms with van der Waals surface area (Å²) >= 11 is 0. The van der Waals surface area contributed by atoms with E-state index in [1.807, 2.05) is 0 Å². The molecule has 4 nitrogen and oxygen atoms in total. The Bertz CT molecular complexity index is 1050. The van der Waals surface area contributed by atoms with Crippen LogP contribution in [0.4, 0.5) is 114 Å². The van der Waals surface area contributed by atoms with Crippen molar-refractivity contribution in [3.63, 3.8) is 0 Å². The van der Waals surface area contributed by atoms with Crippen LogP contribution in [0.15, 0.2) is 0 Å². The Kier molecular flexibility index (Phi) is 11.8. The highest BCUT2D eigenvalue weighted by Gasteiger charge is 2.92. The number of phosphoric ester groups is 1. The van der Waals surface area contributed by atoms with Crippen LogP contribution in [0.25, 0.3) is 0 Å². The first-order chi connectivity index (χ1) is 19.9. The minimum Gasteiger partial charge on any atom is -0.302 e. The summed E-state index contributed by atoms with van der Waals surface area (Å²) in [4.78, 5) is 8.95. The zero-order valence-electron chi connectivity index (χ0n) is 20.8. The Morgan fingerprint density at radius 1 is 0.362 bits per heavy atom. The highest BCUT2D eigenvalue weighted by molar-refractivity contribution is 7.47. The van der Waals surface area contributed by atoms with Crippen molar-refractivity contribution in [2.45, 2.75) is 84.4 Å². The summed E-state index contributed by atoms with van der Waals surface area (Å²) in [5, 5.41) is 0. The maximum Gasteiger partial charge on any atom is 0.472 e. The van der Waals surface area contributed by atoms with Crippen molar-refractivity contribution in [3.05, 3.63) is 0 Å². The number of rotatable bonds is 16. The van der Waals surface area contributed by atoms with Crippen LogP contribution >= 0.6 is 7.82 Å². The van der Waals surface area contributed by atoms with E-state index in [0.717, 1.165) is 0 Å². The molecule has 0 heterocycles. The van der Waals surface area contributed by atoms with Crippen LogP contribution in [0, 0.1) is 0 Å². The van der Waals surface area contributed by atoms with Crippen molar-refractivity contribution in [1.29, 1.82) is 0 Å². The van der Waals surface area contributed by atoms with Gasteiger partial charge in [-0.15, -0.1) is 0 Å². The Morgan fingerprint density at radius 3 is 0.745 bits per heavy atom. The van der Waals surface area contributed by atoms with Gasteiger partial charge in [0.05, 0.1) is 13.2 Å². The maximum atomic E-state index is 13.6. The van der Waals surface area contributed by atoms with Gasteiger partial charge in [-0.2, -0.15) is 114 Å². The SMILES string of the molecule is O=P(O)(O[13CH2][13CH2]C(F)(F)C(F)(F)C(F)(F)C(F)(F)C(F)(F)C(F)(F)F)O[13CH2][13CH2]C(F)(F)C(F)(F)C(F)(F)C(F)(F)C(F)(F)C(F)(F)F. The summed E-state index contributed by atoms with van der Waals surface area (Å²) in [6, 6.07) is 0. The lowest BCUT2D eigenvalue weighted by molar-refractivity contribution is -0.440. The largest absolute Gasteiger partial charge is 0.472 e. The van der Waals surface area contributed by atoms with Gasteiger partial charge in [-0.05, 0) is 0 Å². The van der Waals surface area contributed by atoms with E-state index in [2.05, 4.69) is 9.05 Å². The van der Waals surface area contributed by atoms with Gasteiger partial charge in [0.25, 0.3) is 0 Å². The lowest BCUT2D eigenvalue weighted by Crippen LogP contribution is -2.70. The standard InChI is InChI=1S/C16H9F26O4P/c17-5(18,7(21,22)9(25,26)11(29,30)13(33,34)15(37,38)39)1-3-45-47(43,44)46-4-2-6(19,20)8(23,24)10(27,28)12(31,32)14(35,36)16(40,41)42/h1-4H2,(H,43,44)/i1+1,2+1,3+1,4+1. The van der Waals surface area contributed by atoms with E-state index in [9.17, 15) is 119 Å². The van der Waals surface area contributed by atoms with Crippen molar-refractivity contribution < 1.29 is 133 Å². The first kappa shape index (κ1) is 45.3.